The molecule has 1 amide bonds. The van der Waals surface area contributed by atoms with Crippen molar-refractivity contribution in [2.75, 3.05) is 13.1 Å². The first kappa shape index (κ1) is 17.6. The second kappa shape index (κ2) is 7.45. The van der Waals surface area contributed by atoms with Gasteiger partial charge in [-0.1, -0.05) is 29.8 Å². The Hall–Kier alpha value is -2.79. The predicted octanol–water partition coefficient (Wildman–Crippen LogP) is 3.87. The molecule has 27 heavy (non-hydrogen) atoms. The van der Waals surface area contributed by atoms with Crippen LogP contribution in [0, 0.1) is 0 Å². The van der Waals surface area contributed by atoms with Gasteiger partial charge in [-0.2, -0.15) is 0 Å². The Bertz CT molecular complexity index is 1020. The van der Waals surface area contributed by atoms with Crippen molar-refractivity contribution in [1.82, 2.24) is 9.88 Å². The van der Waals surface area contributed by atoms with Gasteiger partial charge in [-0.3, -0.25) is 9.59 Å². The Morgan fingerprint density at radius 3 is 2.52 bits per heavy atom. The number of para-hydroxylation sites is 1. The zero-order valence-electron chi connectivity index (χ0n) is 14.7. The summed E-state index contributed by atoms with van der Waals surface area (Å²) in [6.07, 6.45) is 1.49. The number of nitrogens with zero attached hydrogens (tertiary/aromatic N) is 1. The van der Waals surface area contributed by atoms with E-state index in [1.807, 2.05) is 36.4 Å². The molecule has 0 radical (unpaired) electrons. The molecule has 1 saturated heterocycles. The first-order chi connectivity index (χ1) is 13.1. The number of pyridine rings is 1. The number of aromatic nitrogens is 1. The molecule has 0 bridgehead atoms. The van der Waals surface area contributed by atoms with Gasteiger partial charge >= 0.3 is 0 Å². The number of carbonyl (C=O) groups excluding carboxylic acids is 1. The number of nitrogens with one attached hydrogen (secondary N) is 1. The summed E-state index contributed by atoms with van der Waals surface area (Å²) >= 11 is 5.89. The van der Waals surface area contributed by atoms with Crippen molar-refractivity contribution in [2.45, 2.75) is 18.9 Å². The zero-order valence-corrected chi connectivity index (χ0v) is 15.4. The molecular weight excluding hydrogens is 364 g/mol. The standard InChI is InChI=1S/C21H19ClN2O3/c22-15-5-7-16(8-6-15)27-17-9-11-24(12-10-17)21(26)18-13-14-3-1-2-4-19(14)23-20(18)25/h1-8,13,17H,9-12H2,(H,23,25). The van der Waals surface area contributed by atoms with E-state index in [1.165, 1.54) is 0 Å². The zero-order chi connectivity index (χ0) is 18.8. The molecule has 0 spiro atoms. The minimum Gasteiger partial charge on any atom is -0.490 e. The van der Waals surface area contributed by atoms with Crippen LogP contribution in [0.4, 0.5) is 0 Å². The van der Waals surface area contributed by atoms with E-state index in [0.29, 0.717) is 18.1 Å². The van der Waals surface area contributed by atoms with Gasteiger partial charge in [0.25, 0.3) is 11.5 Å². The van der Waals surface area contributed by atoms with Crippen LogP contribution >= 0.6 is 11.6 Å². The summed E-state index contributed by atoms with van der Waals surface area (Å²) in [4.78, 5) is 29.6. The van der Waals surface area contributed by atoms with E-state index in [9.17, 15) is 9.59 Å². The molecule has 0 saturated carbocycles. The lowest BCUT2D eigenvalue weighted by atomic mass is 10.1. The number of ether oxygens (including phenoxy) is 1. The van der Waals surface area contributed by atoms with Crippen LogP contribution < -0.4 is 10.3 Å². The molecule has 3 aromatic rings. The summed E-state index contributed by atoms with van der Waals surface area (Å²) < 4.78 is 5.96. The lowest BCUT2D eigenvalue weighted by Gasteiger charge is -2.32. The third-order valence-corrected chi connectivity index (χ3v) is 5.08. The van der Waals surface area contributed by atoms with Crippen LogP contribution in [0.1, 0.15) is 23.2 Å². The molecule has 138 valence electrons. The lowest BCUT2D eigenvalue weighted by Crippen LogP contribution is -2.43. The molecule has 1 aliphatic heterocycles. The van der Waals surface area contributed by atoms with Crippen molar-refractivity contribution >= 4 is 28.4 Å². The largest absolute Gasteiger partial charge is 0.490 e. The van der Waals surface area contributed by atoms with Crippen LogP contribution in [-0.2, 0) is 0 Å². The van der Waals surface area contributed by atoms with Crippen LogP contribution in [0.5, 0.6) is 5.75 Å². The van der Waals surface area contributed by atoms with E-state index >= 15 is 0 Å². The van der Waals surface area contributed by atoms with Gasteiger partial charge in [-0.25, -0.2) is 0 Å². The molecule has 1 fully saturated rings. The molecule has 4 rings (SSSR count). The Morgan fingerprint density at radius 2 is 1.78 bits per heavy atom. The molecule has 0 unspecified atom stereocenters. The van der Waals surface area contributed by atoms with E-state index < -0.39 is 0 Å². The maximum atomic E-state index is 12.8. The number of hydrogen-bond acceptors (Lipinski definition) is 3. The van der Waals surface area contributed by atoms with Gasteiger partial charge < -0.3 is 14.6 Å². The Labute approximate surface area is 161 Å². The highest BCUT2D eigenvalue weighted by Gasteiger charge is 2.26. The first-order valence-corrected chi connectivity index (χ1v) is 9.31. The Balaban J connectivity index is 1.43. The Kier molecular flexibility index (Phi) is 4.86. The molecule has 1 N–H and O–H groups in total. The molecule has 0 aliphatic carbocycles. The number of piperidine rings is 1. The van der Waals surface area contributed by atoms with E-state index in [-0.39, 0.29) is 23.1 Å². The number of fused-ring (bicyclic) bond motifs is 1. The number of carbonyl (C=O) groups is 1. The number of likely N-dealkylation sites (tertiary alicyclic amines) is 1. The first-order valence-electron chi connectivity index (χ1n) is 8.94. The normalized spacial score (nSPS) is 15.1. The minimum atomic E-state index is -0.349. The van der Waals surface area contributed by atoms with E-state index in [2.05, 4.69) is 4.98 Å². The van der Waals surface area contributed by atoms with E-state index in [4.69, 9.17) is 16.3 Å². The average molecular weight is 383 g/mol. The summed E-state index contributed by atoms with van der Waals surface area (Å²) in [6, 6.07) is 16.4. The maximum Gasteiger partial charge on any atom is 0.261 e. The van der Waals surface area contributed by atoms with E-state index in [0.717, 1.165) is 29.5 Å². The molecule has 5 nitrogen and oxygen atoms in total. The molecule has 2 heterocycles. The minimum absolute atomic E-state index is 0.0464. The number of H-pyrrole nitrogens is 1. The van der Waals surface area contributed by atoms with Crippen molar-refractivity contribution < 1.29 is 9.53 Å². The van der Waals surface area contributed by atoms with Crippen LogP contribution in [0.15, 0.2) is 59.4 Å². The molecule has 1 aliphatic rings. The SMILES string of the molecule is O=C(c1cc2ccccc2[nH]c1=O)N1CCC(Oc2ccc(Cl)cc2)CC1. The monoisotopic (exact) mass is 382 g/mol. The lowest BCUT2D eigenvalue weighted by molar-refractivity contribution is 0.0594. The van der Waals surface area contributed by atoms with Crippen LogP contribution in [0.25, 0.3) is 10.9 Å². The van der Waals surface area contributed by atoms with E-state index in [1.54, 1.807) is 23.1 Å². The molecular formula is C21H19ClN2O3. The van der Waals surface area contributed by atoms with Crippen LogP contribution in [0.2, 0.25) is 5.02 Å². The van der Waals surface area contributed by atoms with Gasteiger partial charge in [0, 0.05) is 36.5 Å². The number of benzene rings is 2. The fraction of sp³-hybridized carbons (Fsp3) is 0.238. The quantitative estimate of drug-likeness (QED) is 0.748. The van der Waals surface area contributed by atoms with Crippen LogP contribution in [0.3, 0.4) is 0 Å². The number of amides is 1. The molecule has 6 heteroatoms. The predicted molar refractivity (Wildman–Crippen MR) is 106 cm³/mol. The Morgan fingerprint density at radius 1 is 1.07 bits per heavy atom. The van der Waals surface area contributed by atoms with Gasteiger partial charge in [0.15, 0.2) is 0 Å². The van der Waals surface area contributed by atoms with Crippen molar-refractivity contribution in [1.29, 1.82) is 0 Å². The smallest absolute Gasteiger partial charge is 0.261 e. The average Bonchev–Trinajstić information content (AvgIpc) is 2.69. The second-order valence-electron chi connectivity index (χ2n) is 6.66. The maximum absolute atomic E-state index is 12.8. The second-order valence-corrected chi connectivity index (χ2v) is 7.10. The third-order valence-electron chi connectivity index (χ3n) is 4.83. The summed E-state index contributed by atoms with van der Waals surface area (Å²) in [7, 11) is 0. The van der Waals surface area contributed by atoms with Crippen molar-refractivity contribution in [3.05, 3.63) is 75.5 Å². The summed E-state index contributed by atoms with van der Waals surface area (Å²) in [5, 5.41) is 1.52. The third kappa shape index (κ3) is 3.83. The number of halogens is 1. The fourth-order valence-electron chi connectivity index (χ4n) is 3.36. The topological polar surface area (TPSA) is 62.4 Å². The number of rotatable bonds is 3. The highest BCUT2D eigenvalue weighted by atomic mass is 35.5. The number of hydrogen-bond donors (Lipinski definition) is 1. The van der Waals surface area contributed by atoms with Crippen molar-refractivity contribution in [3.63, 3.8) is 0 Å². The van der Waals surface area contributed by atoms with Gasteiger partial charge in [-0.05, 0) is 41.8 Å². The molecule has 2 aromatic carbocycles. The van der Waals surface area contributed by atoms with Crippen molar-refractivity contribution in [2.24, 2.45) is 0 Å². The highest BCUT2D eigenvalue weighted by molar-refractivity contribution is 6.30. The van der Waals surface area contributed by atoms with Gasteiger partial charge in [0.1, 0.15) is 17.4 Å². The van der Waals surface area contributed by atoms with Crippen molar-refractivity contribution in [3.8, 4) is 5.75 Å². The summed E-state index contributed by atoms with van der Waals surface area (Å²) in [5.41, 5.74) is 0.568. The summed E-state index contributed by atoms with van der Waals surface area (Å²) in [6.45, 7) is 1.12. The van der Waals surface area contributed by atoms with Gasteiger partial charge in [0.05, 0.1) is 0 Å². The van der Waals surface area contributed by atoms with Gasteiger partial charge in [0.2, 0.25) is 0 Å². The fourth-order valence-corrected chi connectivity index (χ4v) is 3.48. The number of aromatic amines is 1. The highest BCUT2D eigenvalue weighted by Crippen LogP contribution is 2.22. The molecule has 1 aromatic heterocycles. The summed E-state index contributed by atoms with van der Waals surface area (Å²) in [5.74, 6) is 0.544. The van der Waals surface area contributed by atoms with Gasteiger partial charge in [-0.15, -0.1) is 0 Å². The van der Waals surface area contributed by atoms with Crippen LogP contribution in [-0.4, -0.2) is 35.0 Å². The molecule has 0 atom stereocenters.